The van der Waals surface area contributed by atoms with Crippen molar-refractivity contribution in [3.8, 4) is 0 Å². The predicted octanol–water partition coefficient (Wildman–Crippen LogP) is 1.59. The third-order valence-corrected chi connectivity index (χ3v) is 2.63. The van der Waals surface area contributed by atoms with E-state index >= 15 is 0 Å². The maximum Gasteiger partial charge on any atom is 0.236 e. The van der Waals surface area contributed by atoms with Gasteiger partial charge in [0.05, 0.1) is 6.54 Å². The smallest absolute Gasteiger partial charge is 0.236 e. The van der Waals surface area contributed by atoms with E-state index in [0.717, 1.165) is 13.1 Å². The highest BCUT2D eigenvalue weighted by molar-refractivity contribution is 5.78. The number of carbonyl (C=O) groups is 1. The van der Waals surface area contributed by atoms with Crippen LogP contribution in [0.2, 0.25) is 0 Å². The van der Waals surface area contributed by atoms with Gasteiger partial charge in [0, 0.05) is 12.6 Å². The van der Waals surface area contributed by atoms with Crippen molar-refractivity contribution in [1.29, 1.82) is 0 Å². The molecule has 14 heavy (non-hydrogen) atoms. The molecule has 0 saturated carbocycles. The zero-order valence-corrected chi connectivity index (χ0v) is 10.4. The van der Waals surface area contributed by atoms with Crippen molar-refractivity contribution in [2.75, 3.05) is 26.7 Å². The lowest BCUT2D eigenvalue weighted by atomic mass is 10.1. The van der Waals surface area contributed by atoms with E-state index in [0.29, 0.717) is 6.54 Å². The predicted molar refractivity (Wildman–Crippen MR) is 60.3 cm³/mol. The molecule has 0 aliphatic rings. The lowest BCUT2D eigenvalue weighted by molar-refractivity contribution is -0.135. The first-order valence-corrected chi connectivity index (χ1v) is 5.32. The zero-order valence-electron chi connectivity index (χ0n) is 10.4. The van der Waals surface area contributed by atoms with Gasteiger partial charge in [-0.3, -0.25) is 9.69 Å². The molecule has 0 fully saturated rings. The van der Waals surface area contributed by atoms with Crippen LogP contribution in [0.15, 0.2) is 0 Å². The van der Waals surface area contributed by atoms with Gasteiger partial charge in [0.2, 0.25) is 5.91 Å². The van der Waals surface area contributed by atoms with E-state index in [-0.39, 0.29) is 11.4 Å². The van der Waals surface area contributed by atoms with Gasteiger partial charge < -0.3 is 4.90 Å². The first kappa shape index (κ1) is 13.4. The summed E-state index contributed by atoms with van der Waals surface area (Å²) in [6.45, 7) is 12.7. The third kappa shape index (κ3) is 4.09. The Bertz CT molecular complexity index is 180. The van der Waals surface area contributed by atoms with Crippen molar-refractivity contribution in [2.24, 2.45) is 0 Å². The van der Waals surface area contributed by atoms with Crippen LogP contribution in [0.25, 0.3) is 0 Å². The summed E-state index contributed by atoms with van der Waals surface area (Å²) in [4.78, 5) is 15.7. The molecule has 0 aromatic carbocycles. The molecule has 3 heteroatoms. The number of rotatable bonds is 4. The number of likely N-dealkylation sites (N-methyl/N-ethyl adjacent to an activating group) is 2. The summed E-state index contributed by atoms with van der Waals surface area (Å²) in [6, 6.07) is 0. The van der Waals surface area contributed by atoms with Crippen LogP contribution in [-0.4, -0.2) is 47.9 Å². The molecule has 0 saturated heterocycles. The van der Waals surface area contributed by atoms with Crippen molar-refractivity contribution < 1.29 is 4.79 Å². The van der Waals surface area contributed by atoms with Crippen LogP contribution in [0.4, 0.5) is 0 Å². The Morgan fingerprint density at radius 2 is 1.57 bits per heavy atom. The summed E-state index contributed by atoms with van der Waals surface area (Å²) in [5, 5.41) is 0. The van der Waals surface area contributed by atoms with Crippen LogP contribution in [-0.2, 0) is 4.79 Å². The van der Waals surface area contributed by atoms with E-state index in [1.54, 1.807) is 0 Å². The molecule has 0 atom stereocenters. The Morgan fingerprint density at radius 3 is 1.86 bits per heavy atom. The van der Waals surface area contributed by atoms with Crippen LogP contribution in [0, 0.1) is 0 Å². The fraction of sp³-hybridized carbons (Fsp3) is 0.909. The van der Waals surface area contributed by atoms with Gasteiger partial charge in [-0.2, -0.15) is 0 Å². The Labute approximate surface area is 88.1 Å². The number of hydrogen-bond acceptors (Lipinski definition) is 2. The standard InChI is InChI=1S/C11H24N2O/c1-7-13(8-2)9-10(14)12(6)11(3,4)5/h7-9H2,1-6H3. The number of hydrogen-bond donors (Lipinski definition) is 0. The Morgan fingerprint density at radius 1 is 1.14 bits per heavy atom. The second-order valence-corrected chi connectivity index (χ2v) is 4.58. The van der Waals surface area contributed by atoms with E-state index in [4.69, 9.17) is 0 Å². The largest absolute Gasteiger partial charge is 0.340 e. The first-order chi connectivity index (χ1) is 6.32. The van der Waals surface area contributed by atoms with E-state index in [1.165, 1.54) is 0 Å². The van der Waals surface area contributed by atoms with Gasteiger partial charge in [0.25, 0.3) is 0 Å². The van der Waals surface area contributed by atoms with Crippen LogP contribution < -0.4 is 0 Å². The maximum absolute atomic E-state index is 11.8. The van der Waals surface area contributed by atoms with Gasteiger partial charge in [-0.25, -0.2) is 0 Å². The Balaban J connectivity index is 4.21. The van der Waals surface area contributed by atoms with Gasteiger partial charge >= 0.3 is 0 Å². The highest BCUT2D eigenvalue weighted by Crippen LogP contribution is 2.10. The van der Waals surface area contributed by atoms with Crippen molar-refractivity contribution in [3.63, 3.8) is 0 Å². The minimum absolute atomic E-state index is 0.0791. The van der Waals surface area contributed by atoms with Gasteiger partial charge in [-0.1, -0.05) is 13.8 Å². The summed E-state index contributed by atoms with van der Waals surface area (Å²) < 4.78 is 0. The van der Waals surface area contributed by atoms with E-state index in [9.17, 15) is 4.79 Å². The molecular formula is C11H24N2O. The van der Waals surface area contributed by atoms with Crippen LogP contribution in [0.3, 0.4) is 0 Å². The van der Waals surface area contributed by atoms with Crippen molar-refractivity contribution in [2.45, 2.75) is 40.2 Å². The molecule has 1 amide bonds. The minimum Gasteiger partial charge on any atom is -0.340 e. The monoisotopic (exact) mass is 200 g/mol. The number of amides is 1. The average molecular weight is 200 g/mol. The quantitative estimate of drug-likeness (QED) is 0.688. The van der Waals surface area contributed by atoms with Gasteiger partial charge in [0.1, 0.15) is 0 Å². The molecule has 0 aromatic rings. The minimum atomic E-state index is -0.0791. The van der Waals surface area contributed by atoms with Crippen molar-refractivity contribution >= 4 is 5.91 Å². The fourth-order valence-electron chi connectivity index (χ4n) is 1.12. The lowest BCUT2D eigenvalue weighted by Crippen LogP contribution is -2.47. The Hall–Kier alpha value is -0.570. The van der Waals surface area contributed by atoms with E-state index < -0.39 is 0 Å². The molecule has 0 aliphatic heterocycles. The topological polar surface area (TPSA) is 23.6 Å². The molecule has 0 spiro atoms. The van der Waals surface area contributed by atoms with Gasteiger partial charge in [-0.15, -0.1) is 0 Å². The molecule has 0 N–H and O–H groups in total. The van der Waals surface area contributed by atoms with Crippen LogP contribution >= 0.6 is 0 Å². The summed E-state index contributed by atoms with van der Waals surface area (Å²) in [5.74, 6) is 0.196. The third-order valence-electron chi connectivity index (χ3n) is 2.63. The van der Waals surface area contributed by atoms with E-state index in [1.807, 2.05) is 32.7 Å². The fourth-order valence-corrected chi connectivity index (χ4v) is 1.12. The maximum atomic E-state index is 11.8. The second kappa shape index (κ2) is 5.35. The summed E-state index contributed by atoms with van der Waals surface area (Å²) in [6.07, 6.45) is 0. The van der Waals surface area contributed by atoms with E-state index in [2.05, 4.69) is 18.7 Å². The van der Waals surface area contributed by atoms with Crippen molar-refractivity contribution in [3.05, 3.63) is 0 Å². The normalized spacial score (nSPS) is 11.9. The molecule has 0 heterocycles. The summed E-state index contributed by atoms with van der Waals surface area (Å²) in [5.41, 5.74) is -0.0791. The lowest BCUT2D eigenvalue weighted by Gasteiger charge is -2.33. The van der Waals surface area contributed by atoms with Gasteiger partial charge in [0.15, 0.2) is 0 Å². The summed E-state index contributed by atoms with van der Waals surface area (Å²) >= 11 is 0. The molecule has 0 rings (SSSR count). The summed E-state index contributed by atoms with van der Waals surface area (Å²) in [7, 11) is 1.87. The second-order valence-electron chi connectivity index (χ2n) is 4.58. The first-order valence-electron chi connectivity index (χ1n) is 5.32. The molecule has 0 aromatic heterocycles. The Kier molecular flexibility index (Phi) is 5.13. The molecule has 3 nitrogen and oxygen atoms in total. The van der Waals surface area contributed by atoms with Crippen LogP contribution in [0.1, 0.15) is 34.6 Å². The van der Waals surface area contributed by atoms with Crippen molar-refractivity contribution in [1.82, 2.24) is 9.80 Å². The molecule has 0 radical (unpaired) electrons. The number of nitrogens with zero attached hydrogens (tertiary/aromatic N) is 2. The van der Waals surface area contributed by atoms with Gasteiger partial charge in [-0.05, 0) is 33.9 Å². The highest BCUT2D eigenvalue weighted by Gasteiger charge is 2.22. The molecule has 0 unspecified atom stereocenters. The van der Waals surface area contributed by atoms with Crippen LogP contribution in [0.5, 0.6) is 0 Å². The highest BCUT2D eigenvalue weighted by atomic mass is 16.2. The average Bonchev–Trinajstić information content (AvgIpc) is 2.11. The zero-order chi connectivity index (χ0) is 11.4. The number of carbonyl (C=O) groups excluding carboxylic acids is 1. The molecule has 84 valence electrons. The SMILES string of the molecule is CCN(CC)CC(=O)N(C)C(C)(C)C. The molecular weight excluding hydrogens is 176 g/mol. The molecule has 0 aliphatic carbocycles. The molecule has 0 bridgehead atoms.